The third-order valence-electron chi connectivity index (χ3n) is 3.45. The normalized spacial score (nSPS) is 16.1. The van der Waals surface area contributed by atoms with Crippen LogP contribution in [0, 0.1) is 0 Å². The molecule has 1 aliphatic rings. The fraction of sp³-hybridized carbons (Fsp3) is 0.692. The maximum absolute atomic E-state index is 11.5. The molecule has 0 atom stereocenters. The number of anilines is 1. The molecule has 5 nitrogen and oxygen atoms in total. The topological polar surface area (TPSA) is 52.2 Å². The minimum Gasteiger partial charge on any atom is -0.358 e. The zero-order valence-electron chi connectivity index (χ0n) is 11.3. The highest BCUT2D eigenvalue weighted by atomic mass is 16.1. The van der Waals surface area contributed by atoms with Gasteiger partial charge in [0.25, 0.3) is 5.56 Å². The quantitative estimate of drug-likeness (QED) is 0.842. The Morgan fingerprint density at radius 1 is 1.44 bits per heavy atom. The summed E-state index contributed by atoms with van der Waals surface area (Å²) < 4.78 is 0. The molecule has 100 valence electrons. The van der Waals surface area contributed by atoms with Crippen molar-refractivity contribution in [2.75, 3.05) is 38.1 Å². The van der Waals surface area contributed by atoms with Gasteiger partial charge >= 0.3 is 0 Å². The second kappa shape index (κ2) is 6.00. The molecule has 1 N–H and O–H groups in total. The minimum atomic E-state index is -0.0649. The van der Waals surface area contributed by atoms with Crippen LogP contribution >= 0.6 is 0 Å². The number of nitrogens with one attached hydrogen (secondary N) is 1. The van der Waals surface area contributed by atoms with E-state index in [2.05, 4.69) is 19.8 Å². The summed E-state index contributed by atoms with van der Waals surface area (Å²) in [5, 5.41) is 0. The standard InChI is InChI=1S/C13H22N4O/c1-3-11-14-12(10-13(18)15-11)16(2)8-9-17-6-4-5-7-17/h10H,3-9H2,1-2H3,(H,14,15,18). The lowest BCUT2D eigenvalue weighted by Gasteiger charge is -2.22. The van der Waals surface area contributed by atoms with E-state index >= 15 is 0 Å². The first-order valence-corrected chi connectivity index (χ1v) is 6.73. The molecule has 2 heterocycles. The summed E-state index contributed by atoms with van der Waals surface area (Å²) in [4.78, 5) is 23.2. The van der Waals surface area contributed by atoms with Gasteiger partial charge in [-0.15, -0.1) is 0 Å². The van der Waals surface area contributed by atoms with Crippen molar-refractivity contribution in [1.82, 2.24) is 14.9 Å². The zero-order chi connectivity index (χ0) is 13.0. The molecule has 0 amide bonds. The first-order valence-electron chi connectivity index (χ1n) is 6.73. The lowest BCUT2D eigenvalue weighted by molar-refractivity contribution is 0.346. The smallest absolute Gasteiger partial charge is 0.252 e. The first kappa shape index (κ1) is 13.1. The van der Waals surface area contributed by atoms with Crippen molar-refractivity contribution >= 4 is 5.82 Å². The molecule has 5 heteroatoms. The molecule has 1 fully saturated rings. The number of likely N-dealkylation sites (tertiary alicyclic amines) is 1. The third-order valence-corrected chi connectivity index (χ3v) is 3.45. The maximum Gasteiger partial charge on any atom is 0.252 e. The van der Waals surface area contributed by atoms with E-state index in [4.69, 9.17) is 0 Å². The largest absolute Gasteiger partial charge is 0.358 e. The molecule has 0 aromatic carbocycles. The highest BCUT2D eigenvalue weighted by Crippen LogP contribution is 2.09. The molecule has 0 bridgehead atoms. The van der Waals surface area contributed by atoms with E-state index in [0.717, 1.165) is 31.2 Å². The number of aromatic nitrogens is 2. The second-order valence-corrected chi connectivity index (χ2v) is 4.87. The number of aryl methyl sites for hydroxylation is 1. The number of likely N-dealkylation sites (N-methyl/N-ethyl adjacent to an activating group) is 1. The summed E-state index contributed by atoms with van der Waals surface area (Å²) in [5.41, 5.74) is -0.0649. The number of hydrogen-bond donors (Lipinski definition) is 1. The van der Waals surface area contributed by atoms with Gasteiger partial charge in [-0.25, -0.2) is 4.98 Å². The SMILES string of the molecule is CCc1nc(N(C)CCN2CCCC2)cc(=O)[nH]1. The molecule has 0 unspecified atom stereocenters. The monoisotopic (exact) mass is 250 g/mol. The molecular weight excluding hydrogens is 228 g/mol. The van der Waals surface area contributed by atoms with Crippen molar-refractivity contribution in [3.05, 3.63) is 22.2 Å². The van der Waals surface area contributed by atoms with Gasteiger partial charge in [-0.3, -0.25) is 4.79 Å². The van der Waals surface area contributed by atoms with Crippen LogP contribution in [-0.2, 0) is 6.42 Å². The molecule has 1 aromatic rings. The number of nitrogens with zero attached hydrogens (tertiary/aromatic N) is 3. The Balaban J connectivity index is 1.96. The van der Waals surface area contributed by atoms with Crippen molar-refractivity contribution < 1.29 is 0 Å². The Kier molecular flexibility index (Phi) is 4.36. The van der Waals surface area contributed by atoms with Gasteiger partial charge in [-0.2, -0.15) is 0 Å². The predicted octanol–water partition coefficient (Wildman–Crippen LogP) is 0.864. The van der Waals surface area contributed by atoms with Gasteiger partial charge in [0.05, 0.1) is 0 Å². The van der Waals surface area contributed by atoms with Gasteiger partial charge in [-0.1, -0.05) is 6.92 Å². The summed E-state index contributed by atoms with van der Waals surface area (Å²) in [7, 11) is 2.00. The summed E-state index contributed by atoms with van der Waals surface area (Å²) in [6.07, 6.45) is 3.38. The summed E-state index contributed by atoms with van der Waals surface area (Å²) in [5.74, 6) is 1.53. The van der Waals surface area contributed by atoms with Gasteiger partial charge in [0.1, 0.15) is 11.6 Å². The Morgan fingerprint density at radius 2 is 2.17 bits per heavy atom. The van der Waals surface area contributed by atoms with Crippen LogP contribution in [0.15, 0.2) is 10.9 Å². The van der Waals surface area contributed by atoms with Gasteiger partial charge in [0.2, 0.25) is 0 Å². The van der Waals surface area contributed by atoms with Crippen LogP contribution in [0.2, 0.25) is 0 Å². The second-order valence-electron chi connectivity index (χ2n) is 4.87. The fourth-order valence-electron chi connectivity index (χ4n) is 2.27. The molecule has 18 heavy (non-hydrogen) atoms. The Morgan fingerprint density at radius 3 is 2.83 bits per heavy atom. The molecule has 1 aromatic heterocycles. The van der Waals surface area contributed by atoms with E-state index in [1.165, 1.54) is 25.9 Å². The summed E-state index contributed by atoms with van der Waals surface area (Å²) in [6, 6.07) is 1.57. The van der Waals surface area contributed by atoms with Crippen molar-refractivity contribution in [2.24, 2.45) is 0 Å². The van der Waals surface area contributed by atoms with E-state index in [-0.39, 0.29) is 5.56 Å². The predicted molar refractivity (Wildman–Crippen MR) is 73.2 cm³/mol. The molecule has 0 saturated carbocycles. The highest BCUT2D eigenvalue weighted by molar-refractivity contribution is 5.36. The van der Waals surface area contributed by atoms with Crippen LogP contribution in [0.3, 0.4) is 0 Å². The van der Waals surface area contributed by atoms with Gasteiger partial charge in [-0.05, 0) is 25.9 Å². The third kappa shape index (κ3) is 3.32. The van der Waals surface area contributed by atoms with E-state index in [9.17, 15) is 4.79 Å². The minimum absolute atomic E-state index is 0.0649. The van der Waals surface area contributed by atoms with Gasteiger partial charge in [0, 0.05) is 32.6 Å². The zero-order valence-corrected chi connectivity index (χ0v) is 11.3. The first-order chi connectivity index (χ1) is 8.69. The lowest BCUT2D eigenvalue weighted by Crippen LogP contribution is -2.32. The Labute approximate surface area is 108 Å². The maximum atomic E-state index is 11.5. The van der Waals surface area contributed by atoms with Crippen molar-refractivity contribution in [1.29, 1.82) is 0 Å². The van der Waals surface area contributed by atoms with Crippen LogP contribution in [0.5, 0.6) is 0 Å². The van der Waals surface area contributed by atoms with Crippen molar-refractivity contribution in [3.8, 4) is 0 Å². The molecule has 0 radical (unpaired) electrons. The highest BCUT2D eigenvalue weighted by Gasteiger charge is 2.12. The Hall–Kier alpha value is -1.36. The summed E-state index contributed by atoms with van der Waals surface area (Å²) >= 11 is 0. The van der Waals surface area contributed by atoms with Gasteiger partial charge in [0.15, 0.2) is 0 Å². The van der Waals surface area contributed by atoms with Crippen LogP contribution in [0.1, 0.15) is 25.6 Å². The number of H-pyrrole nitrogens is 1. The van der Waals surface area contributed by atoms with Crippen LogP contribution in [0.25, 0.3) is 0 Å². The van der Waals surface area contributed by atoms with Gasteiger partial charge < -0.3 is 14.8 Å². The van der Waals surface area contributed by atoms with Crippen LogP contribution in [0.4, 0.5) is 5.82 Å². The average Bonchev–Trinajstić information content (AvgIpc) is 2.88. The average molecular weight is 250 g/mol. The molecule has 1 saturated heterocycles. The molecule has 0 spiro atoms. The van der Waals surface area contributed by atoms with Crippen molar-refractivity contribution in [3.63, 3.8) is 0 Å². The lowest BCUT2D eigenvalue weighted by atomic mass is 10.4. The van der Waals surface area contributed by atoms with Crippen LogP contribution < -0.4 is 10.5 Å². The molecular formula is C13H22N4O. The van der Waals surface area contributed by atoms with E-state index in [0.29, 0.717) is 0 Å². The van der Waals surface area contributed by atoms with E-state index in [1.54, 1.807) is 6.07 Å². The molecule has 2 rings (SSSR count). The number of hydrogen-bond acceptors (Lipinski definition) is 4. The molecule has 1 aliphatic heterocycles. The van der Waals surface area contributed by atoms with E-state index in [1.807, 2.05) is 14.0 Å². The van der Waals surface area contributed by atoms with Crippen LogP contribution in [-0.4, -0.2) is 48.1 Å². The fourth-order valence-corrected chi connectivity index (χ4v) is 2.27. The van der Waals surface area contributed by atoms with Crippen molar-refractivity contribution in [2.45, 2.75) is 26.2 Å². The number of rotatable bonds is 5. The number of aromatic amines is 1. The molecule has 0 aliphatic carbocycles. The van der Waals surface area contributed by atoms with E-state index < -0.39 is 0 Å². The Bertz CT molecular complexity index is 437. The summed E-state index contributed by atoms with van der Waals surface area (Å²) in [6.45, 7) is 6.37.